The molecule has 2 saturated carbocycles. The topological polar surface area (TPSA) is 139 Å². The van der Waals surface area contributed by atoms with Gasteiger partial charge in [0.2, 0.25) is 0 Å². The Morgan fingerprint density at radius 1 is 1.08 bits per heavy atom. The summed E-state index contributed by atoms with van der Waals surface area (Å²) in [5, 5.41) is 15.0. The number of carbonyl (C=O) groups excluding carboxylic acids is 3. The molecule has 0 spiro atoms. The van der Waals surface area contributed by atoms with Crippen LogP contribution in [-0.4, -0.2) is 66.7 Å². The van der Waals surface area contributed by atoms with E-state index < -0.39 is 11.6 Å². The van der Waals surface area contributed by atoms with Crippen LogP contribution in [0.5, 0.6) is 0 Å². The number of Topliss-reactive ketones (excluding diaryl/α,β-unsaturated/α-hetero) is 2. The molecular formula is C41H44N6O5S. The first-order chi connectivity index (χ1) is 25.4. The molecule has 1 unspecified atom stereocenters. The lowest BCUT2D eigenvalue weighted by atomic mass is 9.82. The second-order valence-corrected chi connectivity index (χ2v) is 16.0. The molecule has 2 aliphatic carbocycles. The number of hydrogen-bond acceptors (Lipinski definition) is 9. The Labute approximate surface area is 312 Å². The van der Waals surface area contributed by atoms with Crippen LogP contribution in [0.3, 0.4) is 0 Å². The van der Waals surface area contributed by atoms with Crippen molar-refractivity contribution in [2.24, 2.45) is 13.0 Å². The molecule has 274 valence electrons. The minimum Gasteiger partial charge on any atom is -0.386 e. The number of carbonyl (C=O) groups is 3. The highest BCUT2D eigenvalue weighted by molar-refractivity contribution is 7.18. The fourth-order valence-corrected chi connectivity index (χ4v) is 8.96. The third-order valence-corrected chi connectivity index (χ3v) is 11.7. The van der Waals surface area contributed by atoms with Crippen molar-refractivity contribution in [1.29, 1.82) is 0 Å². The fourth-order valence-electron chi connectivity index (χ4n) is 7.80. The van der Waals surface area contributed by atoms with E-state index in [-0.39, 0.29) is 29.6 Å². The molecule has 7 rings (SSSR count). The summed E-state index contributed by atoms with van der Waals surface area (Å²) in [4.78, 5) is 62.1. The number of thiazole rings is 1. The van der Waals surface area contributed by atoms with Crippen molar-refractivity contribution in [3.63, 3.8) is 0 Å². The molecule has 1 amide bonds. The van der Waals surface area contributed by atoms with Crippen LogP contribution < -0.4 is 11.0 Å². The van der Waals surface area contributed by atoms with Crippen LogP contribution in [0.1, 0.15) is 97.4 Å². The highest BCUT2D eigenvalue weighted by Crippen LogP contribution is 2.41. The van der Waals surface area contributed by atoms with Gasteiger partial charge in [-0.15, -0.1) is 11.3 Å². The molecule has 2 fully saturated rings. The van der Waals surface area contributed by atoms with Gasteiger partial charge in [-0.05, 0) is 95.3 Å². The Kier molecular flexibility index (Phi) is 10.2. The highest BCUT2D eigenvalue weighted by Gasteiger charge is 2.32. The predicted molar refractivity (Wildman–Crippen MR) is 206 cm³/mol. The quantitative estimate of drug-likeness (QED) is 0.148. The first-order valence-electron chi connectivity index (χ1n) is 18.2. The van der Waals surface area contributed by atoms with E-state index in [2.05, 4.69) is 34.1 Å². The Balaban J connectivity index is 0.985. The standard InChI is InChI=1S/C41H44N6O5S/c1-41(2,52)29-22-32-36(23-31(29)43-38(50)30-11-5-6-19-42-30)53-39(44-32)27-15-13-25(14-16-27)24-45(3)20-8-10-26-9-7-12-34-37(26)46(4)40(51)47(34)33-18-17-28(48)21-35(33)49/h5-7,9,11-12,19,22-23,25,27,33,52H,13-18,20-21,24H2,1-4H3,(H,43,50). The van der Waals surface area contributed by atoms with Crippen molar-refractivity contribution in [3.05, 3.63) is 87.0 Å². The molecule has 3 heterocycles. The van der Waals surface area contributed by atoms with Crippen molar-refractivity contribution >= 4 is 55.7 Å². The maximum absolute atomic E-state index is 13.3. The number of aromatic nitrogens is 4. The number of ketones is 2. The molecule has 0 bridgehead atoms. The molecule has 0 saturated heterocycles. The summed E-state index contributed by atoms with van der Waals surface area (Å²) in [7, 11) is 3.79. The zero-order chi connectivity index (χ0) is 37.4. The van der Waals surface area contributed by atoms with Crippen LogP contribution in [-0.2, 0) is 22.2 Å². The number of amides is 1. The van der Waals surface area contributed by atoms with Crippen molar-refractivity contribution in [3.8, 4) is 11.8 Å². The van der Waals surface area contributed by atoms with Gasteiger partial charge < -0.3 is 10.4 Å². The molecule has 53 heavy (non-hydrogen) atoms. The number of para-hydroxylation sites is 1. The highest BCUT2D eigenvalue weighted by atomic mass is 32.1. The maximum Gasteiger partial charge on any atom is 0.329 e. The van der Waals surface area contributed by atoms with E-state index in [9.17, 15) is 24.3 Å². The summed E-state index contributed by atoms with van der Waals surface area (Å²) >= 11 is 1.66. The van der Waals surface area contributed by atoms with E-state index in [0.29, 0.717) is 59.2 Å². The SMILES string of the molecule is CN(CC#Cc1cccc2c1n(C)c(=O)n2C1CCC(=O)CC1=O)CC1CCC(c2nc3cc(C(C)(C)O)c(NC(=O)c4ccccn4)cc3s2)CC1. The monoisotopic (exact) mass is 732 g/mol. The second-order valence-electron chi connectivity index (χ2n) is 15.0. The average Bonchev–Trinajstić information content (AvgIpc) is 3.66. The number of anilines is 1. The van der Waals surface area contributed by atoms with E-state index in [4.69, 9.17) is 4.98 Å². The summed E-state index contributed by atoms with van der Waals surface area (Å²) in [5.41, 5.74) is 2.94. The van der Waals surface area contributed by atoms with Crippen molar-refractivity contribution in [2.45, 2.75) is 76.4 Å². The van der Waals surface area contributed by atoms with Crippen LogP contribution in [0.2, 0.25) is 0 Å². The summed E-state index contributed by atoms with van der Waals surface area (Å²) < 4.78 is 4.07. The van der Waals surface area contributed by atoms with Crippen molar-refractivity contribution in [2.75, 3.05) is 25.5 Å². The van der Waals surface area contributed by atoms with E-state index >= 15 is 0 Å². The molecular weight excluding hydrogens is 689 g/mol. The van der Waals surface area contributed by atoms with E-state index in [1.54, 1.807) is 65.8 Å². The molecule has 2 aliphatic rings. The normalized spacial score (nSPS) is 19.5. The molecule has 11 nitrogen and oxygen atoms in total. The number of aliphatic hydroxyl groups is 1. The zero-order valence-electron chi connectivity index (χ0n) is 30.5. The van der Waals surface area contributed by atoms with Gasteiger partial charge in [0.05, 0.1) is 56.4 Å². The molecule has 5 aromatic rings. The second kappa shape index (κ2) is 14.8. The molecule has 3 aromatic heterocycles. The molecule has 0 aliphatic heterocycles. The van der Waals surface area contributed by atoms with Crippen LogP contribution in [0.25, 0.3) is 21.3 Å². The number of rotatable bonds is 8. The predicted octanol–water partition coefficient (Wildman–Crippen LogP) is 5.94. The molecule has 2 aromatic carbocycles. The van der Waals surface area contributed by atoms with Gasteiger partial charge in [0.1, 0.15) is 11.5 Å². The number of aryl methyl sites for hydroxylation is 1. The number of hydrogen-bond donors (Lipinski definition) is 2. The zero-order valence-corrected chi connectivity index (χ0v) is 31.3. The Morgan fingerprint density at radius 2 is 1.87 bits per heavy atom. The van der Waals surface area contributed by atoms with Gasteiger partial charge in [-0.25, -0.2) is 9.78 Å². The number of fused-ring (bicyclic) bond motifs is 2. The smallest absolute Gasteiger partial charge is 0.329 e. The lowest BCUT2D eigenvalue weighted by Gasteiger charge is -2.29. The summed E-state index contributed by atoms with van der Waals surface area (Å²) in [6.45, 7) is 4.92. The van der Waals surface area contributed by atoms with E-state index in [1.807, 2.05) is 30.3 Å². The number of benzene rings is 2. The minimum atomic E-state index is -1.18. The van der Waals surface area contributed by atoms with Gasteiger partial charge in [0, 0.05) is 43.4 Å². The molecule has 12 heteroatoms. The molecule has 0 radical (unpaired) electrons. The van der Waals surface area contributed by atoms with Crippen LogP contribution in [0.15, 0.2) is 59.5 Å². The summed E-state index contributed by atoms with van der Waals surface area (Å²) in [6.07, 6.45) is 6.35. The third kappa shape index (κ3) is 7.60. The summed E-state index contributed by atoms with van der Waals surface area (Å²) in [5.74, 6) is 6.88. The number of nitrogens with one attached hydrogen (secondary N) is 1. The fraction of sp³-hybridized carbons (Fsp3) is 0.415. The van der Waals surface area contributed by atoms with E-state index in [1.165, 1.54) is 0 Å². The van der Waals surface area contributed by atoms with Crippen molar-refractivity contribution < 1.29 is 19.5 Å². The van der Waals surface area contributed by atoms with Crippen LogP contribution in [0.4, 0.5) is 5.69 Å². The molecule has 1 atom stereocenters. The lowest BCUT2D eigenvalue weighted by molar-refractivity contribution is -0.132. The Bertz CT molecular complexity index is 2330. The number of imidazole rings is 1. The van der Waals surface area contributed by atoms with Crippen LogP contribution >= 0.6 is 11.3 Å². The van der Waals surface area contributed by atoms with Gasteiger partial charge in [0.15, 0.2) is 5.78 Å². The van der Waals surface area contributed by atoms with E-state index in [0.717, 1.165) is 53.0 Å². The van der Waals surface area contributed by atoms with Gasteiger partial charge in [-0.2, -0.15) is 0 Å². The maximum atomic E-state index is 13.3. The largest absolute Gasteiger partial charge is 0.386 e. The average molecular weight is 733 g/mol. The van der Waals surface area contributed by atoms with Gasteiger partial charge in [-0.3, -0.25) is 33.4 Å². The molecule has 2 N–H and O–H groups in total. The van der Waals surface area contributed by atoms with Crippen molar-refractivity contribution in [1.82, 2.24) is 24.0 Å². The first kappa shape index (κ1) is 36.4. The van der Waals surface area contributed by atoms with Gasteiger partial charge >= 0.3 is 5.69 Å². The number of nitrogens with zero attached hydrogens (tertiary/aromatic N) is 5. The van der Waals surface area contributed by atoms with Crippen LogP contribution in [0, 0.1) is 17.8 Å². The van der Waals surface area contributed by atoms with Gasteiger partial charge in [0.25, 0.3) is 5.91 Å². The lowest BCUT2D eigenvalue weighted by Crippen LogP contribution is -2.34. The third-order valence-electron chi connectivity index (χ3n) is 10.5. The first-order valence-corrected chi connectivity index (χ1v) is 19.0. The van der Waals surface area contributed by atoms with Gasteiger partial charge in [-0.1, -0.05) is 24.0 Å². The number of pyridine rings is 1. The Hall–Kier alpha value is -4.96. The summed E-state index contributed by atoms with van der Waals surface area (Å²) in [6, 6.07) is 14.0. The Morgan fingerprint density at radius 3 is 2.58 bits per heavy atom. The minimum absolute atomic E-state index is 0.0700.